The molecule has 0 aliphatic heterocycles. The Morgan fingerprint density at radius 1 is 1.00 bits per heavy atom. The predicted octanol–water partition coefficient (Wildman–Crippen LogP) is 3.64. The van der Waals surface area contributed by atoms with Gasteiger partial charge >= 0.3 is 0 Å². The van der Waals surface area contributed by atoms with E-state index in [0.29, 0.717) is 12.2 Å². The number of unbranched alkanes of at least 4 members (excludes halogenated alkanes) is 1. The third-order valence-electron chi connectivity index (χ3n) is 3.00. The number of nitrogens with zero attached hydrogens (tertiary/aromatic N) is 1. The van der Waals surface area contributed by atoms with Crippen molar-refractivity contribution in [2.24, 2.45) is 4.40 Å². The van der Waals surface area contributed by atoms with Gasteiger partial charge in [-0.3, -0.25) is 0 Å². The fraction of sp³-hybridized carbons (Fsp3) is 0.235. The Hall–Kier alpha value is -2.14. The largest absolute Gasteiger partial charge is 0.477 e. The number of ether oxygens (including phenoxy) is 1. The Morgan fingerprint density at radius 2 is 1.59 bits per heavy atom. The van der Waals surface area contributed by atoms with Gasteiger partial charge in [0.1, 0.15) is 0 Å². The van der Waals surface area contributed by atoms with Gasteiger partial charge in [-0.25, -0.2) is 0 Å². The molecule has 0 saturated heterocycles. The quantitative estimate of drug-likeness (QED) is 0.464. The second-order valence-corrected chi connectivity index (χ2v) is 6.36. The van der Waals surface area contributed by atoms with Crippen molar-refractivity contribution < 1.29 is 13.2 Å². The molecule has 2 aromatic carbocycles. The average Bonchev–Trinajstić information content (AvgIpc) is 2.56. The van der Waals surface area contributed by atoms with E-state index in [4.69, 9.17) is 4.74 Å². The van der Waals surface area contributed by atoms with E-state index < -0.39 is 10.0 Å². The minimum atomic E-state index is -3.78. The number of sulfonamides is 1. The van der Waals surface area contributed by atoms with Crippen LogP contribution in [-0.2, 0) is 14.8 Å². The maximum Gasteiger partial charge on any atom is 0.285 e. The lowest BCUT2D eigenvalue weighted by Crippen LogP contribution is -2.11. The van der Waals surface area contributed by atoms with Crippen molar-refractivity contribution in [3.63, 3.8) is 0 Å². The molecule has 0 aromatic heterocycles. The molecule has 5 heteroatoms. The van der Waals surface area contributed by atoms with Gasteiger partial charge in [0.05, 0.1) is 11.5 Å². The van der Waals surface area contributed by atoms with E-state index in [1.54, 1.807) is 30.3 Å². The first-order valence-corrected chi connectivity index (χ1v) is 8.65. The van der Waals surface area contributed by atoms with E-state index in [0.717, 1.165) is 12.8 Å². The third kappa shape index (κ3) is 4.43. The fourth-order valence-corrected chi connectivity index (χ4v) is 2.79. The first kappa shape index (κ1) is 16.2. The third-order valence-corrected chi connectivity index (χ3v) is 4.28. The second-order valence-electron chi connectivity index (χ2n) is 4.75. The molecule has 0 saturated carbocycles. The summed E-state index contributed by atoms with van der Waals surface area (Å²) in [5.74, 6) is 0.137. The van der Waals surface area contributed by atoms with Gasteiger partial charge in [0.25, 0.3) is 10.0 Å². The zero-order valence-electron chi connectivity index (χ0n) is 12.5. The summed E-state index contributed by atoms with van der Waals surface area (Å²) in [4.78, 5) is 0.155. The SMILES string of the molecule is CCCCOC(=NS(=O)(=O)c1ccccc1)c1ccccc1. The van der Waals surface area contributed by atoms with Crippen molar-refractivity contribution in [3.05, 3.63) is 66.2 Å². The van der Waals surface area contributed by atoms with Gasteiger partial charge in [-0.05, 0) is 30.7 Å². The molecule has 0 bridgehead atoms. The van der Waals surface area contributed by atoms with Crippen LogP contribution in [0.3, 0.4) is 0 Å². The predicted molar refractivity (Wildman–Crippen MR) is 87.5 cm³/mol. The monoisotopic (exact) mass is 317 g/mol. The van der Waals surface area contributed by atoms with Crippen LogP contribution in [-0.4, -0.2) is 20.9 Å². The van der Waals surface area contributed by atoms with Crippen molar-refractivity contribution in [1.29, 1.82) is 0 Å². The van der Waals surface area contributed by atoms with Gasteiger partial charge in [-0.1, -0.05) is 49.7 Å². The van der Waals surface area contributed by atoms with Crippen molar-refractivity contribution in [2.45, 2.75) is 24.7 Å². The average molecular weight is 317 g/mol. The van der Waals surface area contributed by atoms with E-state index in [1.165, 1.54) is 12.1 Å². The Labute approximate surface area is 131 Å². The van der Waals surface area contributed by atoms with Gasteiger partial charge in [-0.2, -0.15) is 8.42 Å². The van der Waals surface area contributed by atoms with Crippen LogP contribution in [0.1, 0.15) is 25.3 Å². The van der Waals surface area contributed by atoms with Crippen LogP contribution in [0.15, 0.2) is 70.0 Å². The molecule has 4 nitrogen and oxygen atoms in total. The van der Waals surface area contributed by atoms with Gasteiger partial charge in [-0.15, -0.1) is 4.40 Å². The van der Waals surface area contributed by atoms with Crippen molar-refractivity contribution in [1.82, 2.24) is 0 Å². The van der Waals surface area contributed by atoms with Crippen LogP contribution in [0, 0.1) is 0 Å². The molecule has 0 unspecified atom stereocenters. The van der Waals surface area contributed by atoms with E-state index in [-0.39, 0.29) is 10.8 Å². The molecule has 22 heavy (non-hydrogen) atoms. The van der Waals surface area contributed by atoms with Gasteiger partial charge in [0.2, 0.25) is 5.90 Å². The highest BCUT2D eigenvalue weighted by molar-refractivity contribution is 7.90. The molecule has 0 amide bonds. The van der Waals surface area contributed by atoms with Crippen LogP contribution in [0.4, 0.5) is 0 Å². The standard InChI is InChI=1S/C17H19NO3S/c1-2-3-14-21-17(15-10-6-4-7-11-15)18-22(19,20)16-12-8-5-9-13-16/h4-13H,2-3,14H2,1H3. The van der Waals surface area contributed by atoms with Gasteiger partial charge in [0, 0.05) is 5.56 Å². The molecule has 2 aromatic rings. The van der Waals surface area contributed by atoms with Crippen LogP contribution < -0.4 is 0 Å². The first-order valence-electron chi connectivity index (χ1n) is 7.21. The van der Waals surface area contributed by atoms with Crippen LogP contribution in [0.2, 0.25) is 0 Å². The zero-order valence-corrected chi connectivity index (χ0v) is 13.3. The Kier molecular flexibility index (Phi) is 5.72. The topological polar surface area (TPSA) is 55.7 Å². The maximum atomic E-state index is 12.4. The first-order chi connectivity index (χ1) is 10.6. The Balaban J connectivity index is 2.35. The Bertz CT molecular complexity index is 710. The molecule has 0 heterocycles. The number of hydrogen-bond acceptors (Lipinski definition) is 3. The highest BCUT2D eigenvalue weighted by Crippen LogP contribution is 2.14. The van der Waals surface area contributed by atoms with Gasteiger partial charge < -0.3 is 4.74 Å². The molecule has 0 fully saturated rings. The van der Waals surface area contributed by atoms with Crippen molar-refractivity contribution in [3.8, 4) is 0 Å². The molecule has 0 aliphatic rings. The lowest BCUT2D eigenvalue weighted by Gasteiger charge is -2.09. The van der Waals surface area contributed by atoms with E-state index in [2.05, 4.69) is 4.40 Å². The summed E-state index contributed by atoms with van der Waals surface area (Å²) < 4.78 is 34.2. The highest BCUT2D eigenvalue weighted by Gasteiger charge is 2.16. The molecule has 116 valence electrons. The summed E-state index contributed by atoms with van der Waals surface area (Å²) >= 11 is 0. The molecule has 0 spiro atoms. The number of rotatable bonds is 6. The molecule has 0 aliphatic carbocycles. The zero-order chi connectivity index (χ0) is 15.8. The minimum Gasteiger partial charge on any atom is -0.477 e. The summed E-state index contributed by atoms with van der Waals surface area (Å²) in [6.45, 7) is 2.48. The van der Waals surface area contributed by atoms with Crippen LogP contribution in [0.5, 0.6) is 0 Å². The number of hydrogen-bond donors (Lipinski definition) is 0. The summed E-state index contributed by atoms with van der Waals surface area (Å²) in [6.07, 6.45) is 1.81. The molecular formula is C17H19NO3S. The molecule has 0 N–H and O–H groups in total. The normalized spacial score (nSPS) is 12.1. The molecule has 0 radical (unpaired) electrons. The minimum absolute atomic E-state index is 0.137. The fourth-order valence-electron chi connectivity index (χ4n) is 1.81. The molecule has 0 atom stereocenters. The van der Waals surface area contributed by atoms with Gasteiger partial charge in [0.15, 0.2) is 0 Å². The summed E-state index contributed by atoms with van der Waals surface area (Å²) in [5, 5.41) is 0. The summed E-state index contributed by atoms with van der Waals surface area (Å²) in [7, 11) is -3.78. The highest BCUT2D eigenvalue weighted by atomic mass is 32.2. The summed E-state index contributed by atoms with van der Waals surface area (Å²) in [5.41, 5.74) is 0.651. The lowest BCUT2D eigenvalue weighted by molar-refractivity contribution is 0.298. The Morgan fingerprint density at radius 3 is 2.18 bits per heavy atom. The molecule has 2 rings (SSSR count). The van der Waals surface area contributed by atoms with Crippen LogP contribution >= 0.6 is 0 Å². The second kappa shape index (κ2) is 7.75. The van der Waals surface area contributed by atoms with E-state index >= 15 is 0 Å². The lowest BCUT2D eigenvalue weighted by atomic mass is 10.2. The smallest absolute Gasteiger partial charge is 0.285 e. The van der Waals surface area contributed by atoms with Crippen LogP contribution in [0.25, 0.3) is 0 Å². The van der Waals surface area contributed by atoms with Crippen molar-refractivity contribution >= 4 is 15.9 Å². The van der Waals surface area contributed by atoms with Crippen molar-refractivity contribution in [2.75, 3.05) is 6.61 Å². The van der Waals surface area contributed by atoms with E-state index in [1.807, 2.05) is 25.1 Å². The number of benzene rings is 2. The molecular weight excluding hydrogens is 298 g/mol. The van der Waals surface area contributed by atoms with E-state index in [9.17, 15) is 8.42 Å². The summed E-state index contributed by atoms with van der Waals surface area (Å²) in [6, 6.07) is 17.2. The maximum absolute atomic E-state index is 12.4.